The first kappa shape index (κ1) is 10.1. The Labute approximate surface area is 89.7 Å². The maximum absolute atomic E-state index is 3.53. The van der Waals surface area contributed by atoms with Crippen LogP contribution in [-0.4, -0.2) is 19.6 Å². The van der Waals surface area contributed by atoms with E-state index in [1.165, 1.54) is 18.7 Å². The van der Waals surface area contributed by atoms with Gasteiger partial charge in [-0.2, -0.15) is 11.3 Å². The van der Waals surface area contributed by atoms with E-state index >= 15 is 0 Å². The fraction of sp³-hybridized carbons (Fsp3) is 0.636. The van der Waals surface area contributed by atoms with Crippen molar-refractivity contribution >= 4 is 11.3 Å². The molecule has 0 radical (unpaired) electrons. The Morgan fingerprint density at radius 2 is 2.50 bits per heavy atom. The van der Waals surface area contributed by atoms with Gasteiger partial charge >= 0.3 is 0 Å². The van der Waals surface area contributed by atoms with Crippen LogP contribution in [0.25, 0.3) is 0 Å². The lowest BCUT2D eigenvalue weighted by Crippen LogP contribution is -2.26. The van der Waals surface area contributed by atoms with Gasteiger partial charge in [-0.05, 0) is 53.9 Å². The molecule has 0 aliphatic carbocycles. The molecule has 1 fully saturated rings. The Hall–Kier alpha value is -0.380. The highest BCUT2D eigenvalue weighted by Gasteiger charge is 2.21. The van der Waals surface area contributed by atoms with E-state index in [9.17, 15) is 0 Å². The molecule has 1 aliphatic rings. The Bertz CT molecular complexity index is 258. The Morgan fingerprint density at radius 1 is 1.57 bits per heavy atom. The van der Waals surface area contributed by atoms with E-state index < -0.39 is 0 Å². The summed E-state index contributed by atoms with van der Waals surface area (Å²) in [6.45, 7) is 6.86. The molecular weight excluding hydrogens is 192 g/mol. The summed E-state index contributed by atoms with van der Waals surface area (Å²) >= 11 is 1.77. The first-order chi connectivity index (χ1) is 6.86. The molecule has 1 aromatic heterocycles. The minimum absolute atomic E-state index is 0.814. The third kappa shape index (κ3) is 2.56. The second-order valence-corrected chi connectivity index (χ2v) is 4.94. The van der Waals surface area contributed by atoms with E-state index in [2.05, 4.69) is 34.4 Å². The van der Waals surface area contributed by atoms with Crippen LogP contribution < -0.4 is 10.6 Å². The lowest BCUT2D eigenvalue weighted by atomic mass is 9.98. The average Bonchev–Trinajstić information content (AvgIpc) is 2.78. The van der Waals surface area contributed by atoms with Gasteiger partial charge in [-0.15, -0.1) is 0 Å². The van der Waals surface area contributed by atoms with Crippen molar-refractivity contribution in [2.75, 3.05) is 19.6 Å². The van der Waals surface area contributed by atoms with Gasteiger partial charge in [0.1, 0.15) is 0 Å². The van der Waals surface area contributed by atoms with Gasteiger partial charge in [-0.3, -0.25) is 0 Å². The van der Waals surface area contributed by atoms with E-state index in [-0.39, 0.29) is 0 Å². The van der Waals surface area contributed by atoms with Gasteiger partial charge in [0.15, 0.2) is 0 Å². The molecule has 78 valence electrons. The maximum atomic E-state index is 3.53. The molecule has 2 nitrogen and oxygen atoms in total. The highest BCUT2D eigenvalue weighted by Crippen LogP contribution is 2.14. The molecule has 3 heteroatoms. The summed E-state index contributed by atoms with van der Waals surface area (Å²) in [7, 11) is 0. The monoisotopic (exact) mass is 210 g/mol. The van der Waals surface area contributed by atoms with Crippen molar-refractivity contribution in [1.29, 1.82) is 0 Å². The molecule has 2 rings (SSSR count). The predicted octanol–water partition coefficient (Wildman–Crippen LogP) is 1.69. The first-order valence-corrected chi connectivity index (χ1v) is 6.23. The predicted molar refractivity (Wildman–Crippen MR) is 61.5 cm³/mol. The average molecular weight is 210 g/mol. The molecule has 2 atom stereocenters. The van der Waals surface area contributed by atoms with Crippen LogP contribution in [-0.2, 0) is 6.54 Å². The highest BCUT2D eigenvalue weighted by molar-refractivity contribution is 7.07. The van der Waals surface area contributed by atoms with Crippen molar-refractivity contribution in [3.8, 4) is 0 Å². The van der Waals surface area contributed by atoms with Gasteiger partial charge in [-0.25, -0.2) is 0 Å². The molecule has 1 aromatic rings. The zero-order valence-corrected chi connectivity index (χ0v) is 9.44. The van der Waals surface area contributed by atoms with Gasteiger partial charge in [-0.1, -0.05) is 6.92 Å². The third-order valence-corrected chi connectivity index (χ3v) is 3.73. The normalized spacial score (nSPS) is 26.9. The molecule has 0 spiro atoms. The van der Waals surface area contributed by atoms with Crippen LogP contribution in [0.15, 0.2) is 16.8 Å². The van der Waals surface area contributed by atoms with Crippen molar-refractivity contribution in [3.05, 3.63) is 22.4 Å². The highest BCUT2D eigenvalue weighted by atomic mass is 32.1. The lowest BCUT2D eigenvalue weighted by Gasteiger charge is -2.14. The SMILES string of the molecule is C[C@@H]1CNC[C@H]1CNCc1ccsc1. The molecule has 1 saturated heterocycles. The van der Waals surface area contributed by atoms with Crippen molar-refractivity contribution in [1.82, 2.24) is 10.6 Å². The van der Waals surface area contributed by atoms with E-state index in [1.807, 2.05) is 0 Å². The van der Waals surface area contributed by atoms with Crippen molar-refractivity contribution < 1.29 is 0 Å². The fourth-order valence-electron chi connectivity index (χ4n) is 1.93. The zero-order valence-electron chi connectivity index (χ0n) is 8.62. The molecular formula is C11H18N2S. The minimum Gasteiger partial charge on any atom is -0.316 e. The van der Waals surface area contributed by atoms with Crippen LogP contribution in [0, 0.1) is 11.8 Å². The van der Waals surface area contributed by atoms with E-state index in [0.29, 0.717) is 0 Å². The summed E-state index contributed by atoms with van der Waals surface area (Å²) < 4.78 is 0. The smallest absolute Gasteiger partial charge is 0.0213 e. The Kier molecular flexibility index (Phi) is 3.56. The second kappa shape index (κ2) is 4.91. The fourth-order valence-corrected chi connectivity index (χ4v) is 2.60. The third-order valence-electron chi connectivity index (χ3n) is 2.99. The largest absolute Gasteiger partial charge is 0.316 e. The Balaban J connectivity index is 1.68. The van der Waals surface area contributed by atoms with Crippen LogP contribution in [0.3, 0.4) is 0 Å². The van der Waals surface area contributed by atoms with Crippen LogP contribution in [0.5, 0.6) is 0 Å². The molecule has 0 saturated carbocycles. The molecule has 14 heavy (non-hydrogen) atoms. The summed E-state index contributed by atoms with van der Waals surface area (Å²) in [6, 6.07) is 2.19. The van der Waals surface area contributed by atoms with E-state index in [0.717, 1.165) is 24.9 Å². The standard InChI is InChI=1S/C11H18N2S/c1-9-4-12-6-11(9)7-13-5-10-2-3-14-8-10/h2-3,8-9,11-13H,4-7H2,1H3/t9-,11+/m1/s1. The van der Waals surface area contributed by atoms with E-state index in [4.69, 9.17) is 0 Å². The molecule has 2 N–H and O–H groups in total. The second-order valence-electron chi connectivity index (χ2n) is 4.16. The van der Waals surface area contributed by atoms with Gasteiger partial charge in [0, 0.05) is 6.54 Å². The van der Waals surface area contributed by atoms with Crippen molar-refractivity contribution in [2.45, 2.75) is 13.5 Å². The number of rotatable bonds is 4. The quantitative estimate of drug-likeness (QED) is 0.790. The number of nitrogens with one attached hydrogen (secondary N) is 2. The molecule has 2 heterocycles. The maximum Gasteiger partial charge on any atom is 0.0213 e. The summed E-state index contributed by atoms with van der Waals surface area (Å²) in [5.41, 5.74) is 1.41. The van der Waals surface area contributed by atoms with Crippen LogP contribution >= 0.6 is 11.3 Å². The zero-order chi connectivity index (χ0) is 9.80. The van der Waals surface area contributed by atoms with Gasteiger partial charge in [0.05, 0.1) is 0 Å². The number of hydrogen-bond acceptors (Lipinski definition) is 3. The molecule has 1 aliphatic heterocycles. The summed E-state index contributed by atoms with van der Waals surface area (Å²) in [5, 5.41) is 11.3. The van der Waals surface area contributed by atoms with Crippen LogP contribution in [0.1, 0.15) is 12.5 Å². The Morgan fingerprint density at radius 3 is 3.14 bits per heavy atom. The molecule has 0 bridgehead atoms. The summed E-state index contributed by atoms with van der Waals surface area (Å²) in [4.78, 5) is 0. The van der Waals surface area contributed by atoms with Gasteiger partial charge in [0.2, 0.25) is 0 Å². The summed E-state index contributed by atoms with van der Waals surface area (Å²) in [6.07, 6.45) is 0. The van der Waals surface area contributed by atoms with Crippen LogP contribution in [0.2, 0.25) is 0 Å². The molecule has 0 aromatic carbocycles. The van der Waals surface area contributed by atoms with Gasteiger partial charge < -0.3 is 10.6 Å². The van der Waals surface area contributed by atoms with Gasteiger partial charge in [0.25, 0.3) is 0 Å². The summed E-state index contributed by atoms with van der Waals surface area (Å²) in [5.74, 6) is 1.64. The topological polar surface area (TPSA) is 24.1 Å². The lowest BCUT2D eigenvalue weighted by molar-refractivity contribution is 0.420. The van der Waals surface area contributed by atoms with Crippen molar-refractivity contribution in [3.63, 3.8) is 0 Å². The van der Waals surface area contributed by atoms with Crippen molar-refractivity contribution in [2.24, 2.45) is 11.8 Å². The van der Waals surface area contributed by atoms with Crippen LogP contribution in [0.4, 0.5) is 0 Å². The minimum atomic E-state index is 0.814. The number of thiophene rings is 1. The first-order valence-electron chi connectivity index (χ1n) is 5.29. The van der Waals surface area contributed by atoms with E-state index in [1.54, 1.807) is 11.3 Å². The molecule has 0 amide bonds. The number of hydrogen-bond donors (Lipinski definition) is 2. The molecule has 0 unspecified atom stereocenters.